The van der Waals surface area contributed by atoms with Crippen molar-refractivity contribution in [1.29, 1.82) is 5.26 Å². The minimum atomic E-state index is -0.274. The monoisotopic (exact) mass is 266 g/mol. The quantitative estimate of drug-likeness (QED) is 0.777. The number of carbonyl (C=O) groups excluding carboxylic acids is 1. The molecule has 1 aromatic heterocycles. The summed E-state index contributed by atoms with van der Waals surface area (Å²) in [5, 5.41) is 15.4. The highest BCUT2D eigenvalue weighted by Crippen LogP contribution is 2.35. The van der Waals surface area contributed by atoms with Gasteiger partial charge in [-0.1, -0.05) is 13.8 Å². The van der Waals surface area contributed by atoms with Crippen molar-refractivity contribution in [2.75, 3.05) is 18.1 Å². The topological polar surface area (TPSA) is 90.9 Å². The van der Waals surface area contributed by atoms with Gasteiger partial charge in [-0.15, -0.1) is 11.3 Å². The summed E-state index contributed by atoms with van der Waals surface area (Å²) in [7, 11) is 1.54. The molecule has 5 nitrogen and oxygen atoms in total. The Bertz CT molecular complexity index is 487. The summed E-state index contributed by atoms with van der Waals surface area (Å²) in [6, 6.07) is 2.20. The Morgan fingerprint density at radius 1 is 1.44 bits per heavy atom. The number of nitrogens with one attached hydrogen (secondary N) is 2. The second-order valence-corrected chi connectivity index (χ2v) is 5.44. The molecule has 0 aliphatic heterocycles. The number of nitrogen functional groups attached to an aromatic ring is 1. The average Bonchev–Trinajstić information content (AvgIpc) is 2.64. The molecule has 0 aliphatic rings. The van der Waals surface area contributed by atoms with E-state index in [0.717, 1.165) is 0 Å². The zero-order chi connectivity index (χ0) is 13.9. The van der Waals surface area contributed by atoms with Crippen LogP contribution in [-0.4, -0.2) is 19.0 Å². The molecule has 6 heteroatoms. The van der Waals surface area contributed by atoms with Crippen molar-refractivity contribution in [3.05, 3.63) is 10.4 Å². The van der Waals surface area contributed by atoms with Crippen LogP contribution >= 0.6 is 11.3 Å². The van der Waals surface area contributed by atoms with Crippen LogP contribution in [0, 0.1) is 17.2 Å². The molecule has 98 valence electrons. The van der Waals surface area contributed by atoms with Crippen molar-refractivity contribution in [3.63, 3.8) is 0 Å². The molecule has 1 amide bonds. The molecule has 0 saturated heterocycles. The smallest absolute Gasteiger partial charge is 0.256 e. The van der Waals surface area contributed by atoms with Crippen LogP contribution in [0.15, 0.2) is 0 Å². The summed E-state index contributed by atoms with van der Waals surface area (Å²) in [6.45, 7) is 6.19. The number of thiophene rings is 1. The Balaban J connectivity index is 3.18. The van der Waals surface area contributed by atoms with Gasteiger partial charge in [-0.3, -0.25) is 4.79 Å². The molecular weight excluding hydrogens is 248 g/mol. The van der Waals surface area contributed by atoms with Crippen LogP contribution in [0.5, 0.6) is 0 Å². The Morgan fingerprint density at radius 2 is 2.06 bits per heavy atom. The molecule has 0 radical (unpaired) electrons. The molecule has 0 saturated carbocycles. The highest BCUT2D eigenvalue weighted by molar-refractivity contribution is 7.17. The van der Waals surface area contributed by atoms with Gasteiger partial charge in [0, 0.05) is 13.1 Å². The van der Waals surface area contributed by atoms with Crippen molar-refractivity contribution < 1.29 is 4.79 Å². The molecular formula is C12H18N4OS. The predicted molar refractivity (Wildman–Crippen MR) is 74.8 cm³/mol. The van der Waals surface area contributed by atoms with E-state index in [4.69, 9.17) is 11.0 Å². The maximum Gasteiger partial charge on any atom is 0.256 e. The fraction of sp³-hybridized carbons (Fsp3) is 0.500. The summed E-state index contributed by atoms with van der Waals surface area (Å²) in [5.41, 5.74) is 6.45. The third-order valence-electron chi connectivity index (χ3n) is 2.86. The highest BCUT2D eigenvalue weighted by Gasteiger charge is 2.22. The van der Waals surface area contributed by atoms with Crippen molar-refractivity contribution in [2.24, 2.45) is 5.92 Å². The summed E-state index contributed by atoms with van der Waals surface area (Å²) < 4.78 is 0. The summed E-state index contributed by atoms with van der Waals surface area (Å²) in [4.78, 5) is 12.2. The Kier molecular flexibility index (Phi) is 4.56. The van der Waals surface area contributed by atoms with E-state index in [1.165, 1.54) is 11.3 Å². The van der Waals surface area contributed by atoms with Gasteiger partial charge in [-0.05, 0) is 12.8 Å². The number of nitriles is 1. The molecule has 0 spiro atoms. The van der Waals surface area contributed by atoms with Gasteiger partial charge < -0.3 is 16.4 Å². The van der Waals surface area contributed by atoms with Crippen LogP contribution in [0.3, 0.4) is 0 Å². The van der Waals surface area contributed by atoms with Gasteiger partial charge in [0.1, 0.15) is 15.9 Å². The maximum atomic E-state index is 11.8. The second kappa shape index (κ2) is 5.74. The average molecular weight is 266 g/mol. The van der Waals surface area contributed by atoms with Gasteiger partial charge in [-0.2, -0.15) is 5.26 Å². The molecule has 0 aromatic carbocycles. The van der Waals surface area contributed by atoms with Gasteiger partial charge in [-0.25, -0.2) is 0 Å². The first-order valence-corrected chi connectivity index (χ1v) is 6.55. The number of hydrogen-bond acceptors (Lipinski definition) is 5. The molecule has 0 fully saturated rings. The zero-order valence-electron chi connectivity index (χ0n) is 11.0. The van der Waals surface area contributed by atoms with Gasteiger partial charge >= 0.3 is 0 Å². The van der Waals surface area contributed by atoms with E-state index in [9.17, 15) is 4.79 Å². The van der Waals surface area contributed by atoms with Crippen molar-refractivity contribution >= 4 is 27.9 Å². The Morgan fingerprint density at radius 3 is 2.50 bits per heavy atom. The number of nitrogens with zero attached hydrogens (tertiary/aromatic N) is 1. The third kappa shape index (κ3) is 2.74. The summed E-state index contributed by atoms with van der Waals surface area (Å²) >= 11 is 1.22. The van der Waals surface area contributed by atoms with E-state index in [1.807, 2.05) is 13.0 Å². The van der Waals surface area contributed by atoms with Crippen LogP contribution in [0.25, 0.3) is 0 Å². The Hall–Kier alpha value is -1.74. The number of rotatable bonds is 4. The number of amides is 1. The van der Waals surface area contributed by atoms with E-state index in [2.05, 4.69) is 24.5 Å². The lowest BCUT2D eigenvalue weighted by Gasteiger charge is -2.18. The van der Waals surface area contributed by atoms with Crippen LogP contribution < -0.4 is 16.4 Å². The minimum Gasteiger partial charge on any atom is -0.396 e. The molecule has 1 heterocycles. The molecule has 1 atom stereocenters. The van der Waals surface area contributed by atoms with Crippen LogP contribution in [0.2, 0.25) is 0 Å². The first-order valence-electron chi connectivity index (χ1n) is 5.73. The van der Waals surface area contributed by atoms with Crippen LogP contribution in [0.4, 0.5) is 10.7 Å². The van der Waals surface area contributed by atoms with Crippen LogP contribution in [-0.2, 0) is 0 Å². The fourth-order valence-corrected chi connectivity index (χ4v) is 2.36. The number of anilines is 2. The first kappa shape index (κ1) is 14.3. The molecule has 1 rings (SSSR count). The van der Waals surface area contributed by atoms with E-state index >= 15 is 0 Å². The van der Waals surface area contributed by atoms with Crippen molar-refractivity contribution in [3.8, 4) is 6.07 Å². The third-order valence-corrected chi connectivity index (χ3v) is 3.90. The molecule has 18 heavy (non-hydrogen) atoms. The fourth-order valence-electron chi connectivity index (χ4n) is 1.35. The van der Waals surface area contributed by atoms with Gasteiger partial charge in [0.15, 0.2) is 0 Å². The SMILES string of the molecule is CNC(=O)c1c(NC(C)C(C)C)sc(C#N)c1N. The molecule has 4 N–H and O–H groups in total. The second-order valence-electron chi connectivity index (χ2n) is 4.42. The maximum absolute atomic E-state index is 11.8. The number of carbonyl (C=O) groups is 1. The molecule has 1 unspecified atom stereocenters. The predicted octanol–water partition coefficient (Wildman–Crippen LogP) is 2.02. The van der Waals surface area contributed by atoms with Crippen molar-refractivity contribution in [2.45, 2.75) is 26.8 Å². The lowest BCUT2D eigenvalue weighted by molar-refractivity contribution is 0.0965. The molecule has 1 aromatic rings. The first-order chi connectivity index (χ1) is 8.42. The van der Waals surface area contributed by atoms with E-state index in [-0.39, 0.29) is 17.6 Å². The van der Waals surface area contributed by atoms with Gasteiger partial charge in [0.25, 0.3) is 5.91 Å². The summed E-state index contributed by atoms with van der Waals surface area (Å²) in [5.74, 6) is 0.139. The molecule has 0 aliphatic carbocycles. The van der Waals surface area contributed by atoms with Crippen LogP contribution in [0.1, 0.15) is 36.0 Å². The number of nitrogens with two attached hydrogens (primary N) is 1. The van der Waals surface area contributed by atoms with Crippen molar-refractivity contribution in [1.82, 2.24) is 5.32 Å². The normalized spacial score (nSPS) is 12.0. The molecule has 0 bridgehead atoms. The van der Waals surface area contributed by atoms with E-state index < -0.39 is 0 Å². The highest BCUT2D eigenvalue weighted by atomic mass is 32.1. The number of hydrogen-bond donors (Lipinski definition) is 3. The Labute approximate surface area is 111 Å². The minimum absolute atomic E-state index is 0.193. The largest absolute Gasteiger partial charge is 0.396 e. The van der Waals surface area contributed by atoms with E-state index in [1.54, 1.807) is 7.05 Å². The lowest BCUT2D eigenvalue weighted by Crippen LogP contribution is -2.24. The van der Waals surface area contributed by atoms with E-state index in [0.29, 0.717) is 21.4 Å². The standard InChI is InChI=1S/C12H18N4OS/c1-6(2)7(3)16-12-9(11(17)15-4)10(14)8(5-13)18-12/h6-7,16H,14H2,1-4H3,(H,15,17). The van der Waals surface area contributed by atoms with Gasteiger partial charge in [0.05, 0.1) is 11.3 Å². The zero-order valence-corrected chi connectivity index (χ0v) is 11.8. The lowest BCUT2D eigenvalue weighted by atomic mass is 10.1. The summed E-state index contributed by atoms with van der Waals surface area (Å²) in [6.07, 6.45) is 0. The van der Waals surface area contributed by atoms with Gasteiger partial charge in [0.2, 0.25) is 0 Å².